The molecule has 0 spiro atoms. The highest BCUT2D eigenvalue weighted by Gasteiger charge is 2.35. The summed E-state index contributed by atoms with van der Waals surface area (Å²) in [5, 5.41) is 25.4. The maximum Gasteiger partial charge on any atom is 0.277 e. The minimum absolute atomic E-state index is 0.249. The van der Waals surface area contributed by atoms with Crippen LogP contribution in [0, 0.1) is 27.2 Å². The van der Waals surface area contributed by atoms with E-state index in [-0.39, 0.29) is 12.1 Å². The molecule has 1 aliphatic heterocycles. The topological polar surface area (TPSA) is 136 Å². The lowest BCUT2D eigenvalue weighted by molar-refractivity contribution is -0.394. The number of nitro groups is 2. The van der Waals surface area contributed by atoms with E-state index in [1.54, 1.807) is 18.2 Å². The lowest BCUT2D eigenvalue weighted by Gasteiger charge is -2.30. The number of carbonyl (C=O) groups is 2. The number of aryl methyl sites for hydroxylation is 1. The Hall–Kier alpha value is -4.60. The quantitative estimate of drug-likeness (QED) is 0.475. The molecule has 166 valence electrons. The van der Waals surface area contributed by atoms with Crippen molar-refractivity contribution in [3.8, 4) is 0 Å². The van der Waals surface area contributed by atoms with Crippen LogP contribution in [0.3, 0.4) is 0 Å². The van der Waals surface area contributed by atoms with Gasteiger partial charge in [0.2, 0.25) is 5.91 Å². The van der Waals surface area contributed by atoms with E-state index in [4.69, 9.17) is 0 Å². The van der Waals surface area contributed by atoms with Gasteiger partial charge in [-0.15, -0.1) is 0 Å². The normalized spacial score (nSPS) is 15.2. The Morgan fingerprint density at radius 2 is 1.61 bits per heavy atom. The van der Waals surface area contributed by atoms with Gasteiger partial charge in [0.15, 0.2) is 0 Å². The van der Waals surface area contributed by atoms with Crippen LogP contribution in [0.2, 0.25) is 0 Å². The summed E-state index contributed by atoms with van der Waals surface area (Å²) in [7, 11) is 0. The third kappa shape index (κ3) is 4.26. The van der Waals surface area contributed by atoms with E-state index in [0.29, 0.717) is 16.8 Å². The molecule has 1 aliphatic rings. The van der Waals surface area contributed by atoms with E-state index in [1.165, 1.54) is 4.90 Å². The van der Waals surface area contributed by atoms with Gasteiger partial charge in [-0.05, 0) is 18.6 Å². The van der Waals surface area contributed by atoms with Gasteiger partial charge in [-0.3, -0.25) is 29.8 Å². The standard InChI is InChI=1S/C23H18N4O6/c1-14-7-8-20-19(9-14)22(15-5-3-2-4-6-15)25(13-21(28)24-20)23(29)16-10-17(26(30)31)12-18(11-16)27(32)33/h2-12,22H,13H2,1H3,(H,24,28)/t22-/m0/s1. The number of hydrogen-bond donors (Lipinski definition) is 1. The number of non-ortho nitro benzene ring substituents is 2. The Bertz CT molecular complexity index is 1260. The summed E-state index contributed by atoms with van der Waals surface area (Å²) >= 11 is 0. The van der Waals surface area contributed by atoms with Crippen LogP contribution in [0.15, 0.2) is 66.7 Å². The SMILES string of the molecule is Cc1ccc2c(c1)[C@H](c1ccccc1)N(C(=O)c1cc([N+](=O)[O-])cc([N+](=O)[O-])c1)CC(=O)N2. The minimum Gasteiger partial charge on any atom is -0.324 e. The van der Waals surface area contributed by atoms with Crippen molar-refractivity contribution in [2.24, 2.45) is 0 Å². The van der Waals surface area contributed by atoms with Crippen LogP contribution in [0.25, 0.3) is 0 Å². The molecule has 1 atom stereocenters. The van der Waals surface area contributed by atoms with E-state index in [9.17, 15) is 29.8 Å². The van der Waals surface area contributed by atoms with Gasteiger partial charge in [0.1, 0.15) is 6.54 Å². The maximum atomic E-state index is 13.6. The highest BCUT2D eigenvalue weighted by Crippen LogP contribution is 2.37. The summed E-state index contributed by atoms with van der Waals surface area (Å²) in [6, 6.07) is 16.5. The molecule has 0 fully saturated rings. The molecule has 10 heteroatoms. The molecule has 3 aromatic carbocycles. The largest absolute Gasteiger partial charge is 0.324 e. The Kier molecular flexibility index (Phi) is 5.57. The first-order valence-corrected chi connectivity index (χ1v) is 9.95. The molecule has 0 aliphatic carbocycles. The molecule has 1 N–H and O–H groups in total. The summed E-state index contributed by atoms with van der Waals surface area (Å²) < 4.78 is 0. The third-order valence-electron chi connectivity index (χ3n) is 5.35. The number of fused-ring (bicyclic) bond motifs is 1. The van der Waals surface area contributed by atoms with E-state index >= 15 is 0 Å². The zero-order chi connectivity index (χ0) is 23.7. The lowest BCUT2D eigenvalue weighted by atomic mass is 9.94. The third-order valence-corrected chi connectivity index (χ3v) is 5.35. The molecule has 1 heterocycles. The molecule has 3 aromatic rings. The number of nitro benzene ring substituents is 2. The van der Waals surface area contributed by atoms with Gasteiger partial charge >= 0.3 is 0 Å². The van der Waals surface area contributed by atoms with Crippen LogP contribution < -0.4 is 5.32 Å². The lowest BCUT2D eigenvalue weighted by Crippen LogP contribution is -2.39. The van der Waals surface area contributed by atoms with Gasteiger partial charge < -0.3 is 10.2 Å². The first kappa shape index (κ1) is 21.6. The molecular weight excluding hydrogens is 428 g/mol. The van der Waals surface area contributed by atoms with Crippen LogP contribution in [-0.4, -0.2) is 33.1 Å². The van der Waals surface area contributed by atoms with Crippen molar-refractivity contribution in [3.05, 3.63) is 109 Å². The summed E-state index contributed by atoms with van der Waals surface area (Å²) in [4.78, 5) is 48.6. The van der Waals surface area contributed by atoms with Crippen molar-refractivity contribution in [2.45, 2.75) is 13.0 Å². The summed E-state index contributed by atoms with van der Waals surface area (Å²) in [6.07, 6.45) is 0. The van der Waals surface area contributed by atoms with Gasteiger partial charge in [-0.1, -0.05) is 48.0 Å². The first-order valence-electron chi connectivity index (χ1n) is 9.95. The number of rotatable bonds is 4. The highest BCUT2D eigenvalue weighted by molar-refractivity contribution is 6.02. The van der Waals surface area contributed by atoms with Crippen LogP contribution in [-0.2, 0) is 4.79 Å². The average molecular weight is 446 g/mol. The number of carbonyl (C=O) groups excluding carboxylic acids is 2. The molecule has 33 heavy (non-hydrogen) atoms. The average Bonchev–Trinajstić information content (AvgIpc) is 2.94. The maximum absolute atomic E-state index is 13.6. The van der Waals surface area contributed by atoms with Crippen LogP contribution in [0.5, 0.6) is 0 Å². The molecule has 0 saturated heterocycles. The Morgan fingerprint density at radius 1 is 0.970 bits per heavy atom. The fourth-order valence-electron chi connectivity index (χ4n) is 3.91. The summed E-state index contributed by atoms with van der Waals surface area (Å²) in [5.41, 5.74) is 1.41. The molecule has 2 amide bonds. The smallest absolute Gasteiger partial charge is 0.277 e. The molecule has 10 nitrogen and oxygen atoms in total. The van der Waals surface area contributed by atoms with Crippen molar-refractivity contribution >= 4 is 28.9 Å². The van der Waals surface area contributed by atoms with Gasteiger partial charge in [-0.25, -0.2) is 0 Å². The Labute approximate surface area is 187 Å². The van der Waals surface area contributed by atoms with Crippen LogP contribution in [0.4, 0.5) is 17.1 Å². The number of anilines is 1. The van der Waals surface area contributed by atoms with E-state index < -0.39 is 39.1 Å². The summed E-state index contributed by atoms with van der Waals surface area (Å²) in [6.45, 7) is 1.54. The number of nitrogens with one attached hydrogen (secondary N) is 1. The fraction of sp³-hybridized carbons (Fsp3) is 0.130. The number of nitrogens with zero attached hydrogens (tertiary/aromatic N) is 3. The van der Waals surface area contributed by atoms with Gasteiger partial charge in [0.05, 0.1) is 27.5 Å². The van der Waals surface area contributed by atoms with Gasteiger partial charge in [0.25, 0.3) is 17.3 Å². The molecule has 4 rings (SSSR count). The van der Waals surface area contributed by atoms with Crippen LogP contribution in [0.1, 0.15) is 33.1 Å². The second kappa shape index (κ2) is 8.50. The van der Waals surface area contributed by atoms with Crippen LogP contribution >= 0.6 is 0 Å². The number of hydrogen-bond acceptors (Lipinski definition) is 6. The molecule has 0 radical (unpaired) electrons. The molecule has 0 bridgehead atoms. The zero-order valence-corrected chi connectivity index (χ0v) is 17.4. The van der Waals surface area contributed by atoms with Crippen molar-refractivity contribution in [3.63, 3.8) is 0 Å². The van der Waals surface area contributed by atoms with Gasteiger partial charge in [-0.2, -0.15) is 0 Å². The highest BCUT2D eigenvalue weighted by atomic mass is 16.6. The monoisotopic (exact) mass is 446 g/mol. The van der Waals surface area contributed by atoms with Crippen molar-refractivity contribution in [1.29, 1.82) is 0 Å². The zero-order valence-electron chi connectivity index (χ0n) is 17.4. The predicted octanol–water partition coefficient (Wildman–Crippen LogP) is 4.00. The van der Waals surface area contributed by atoms with Crippen molar-refractivity contribution < 1.29 is 19.4 Å². The van der Waals surface area contributed by atoms with Crippen molar-refractivity contribution in [2.75, 3.05) is 11.9 Å². The summed E-state index contributed by atoms with van der Waals surface area (Å²) in [5.74, 6) is -1.19. The second-order valence-corrected chi connectivity index (χ2v) is 7.64. The first-order chi connectivity index (χ1) is 15.7. The number of benzene rings is 3. The Balaban J connectivity index is 1.91. The number of amides is 2. The second-order valence-electron chi connectivity index (χ2n) is 7.64. The molecular formula is C23H18N4O6. The van der Waals surface area contributed by atoms with Gasteiger partial charge in [0, 0.05) is 23.4 Å². The predicted molar refractivity (Wildman–Crippen MR) is 119 cm³/mol. The van der Waals surface area contributed by atoms with E-state index in [1.807, 2.05) is 37.3 Å². The molecule has 0 aromatic heterocycles. The Morgan fingerprint density at radius 3 is 2.21 bits per heavy atom. The fourth-order valence-corrected chi connectivity index (χ4v) is 3.91. The van der Waals surface area contributed by atoms with Crippen molar-refractivity contribution in [1.82, 2.24) is 4.90 Å². The minimum atomic E-state index is -0.799. The van der Waals surface area contributed by atoms with E-state index in [0.717, 1.165) is 23.8 Å². The van der Waals surface area contributed by atoms with E-state index in [2.05, 4.69) is 5.32 Å². The molecule has 0 saturated carbocycles. The molecule has 0 unspecified atom stereocenters.